The maximum absolute atomic E-state index is 9.39. The molecule has 0 rings (SSSR count). The first-order valence-corrected chi connectivity index (χ1v) is 4.38. The monoisotopic (exact) mass is 176 g/mol. The van der Waals surface area contributed by atoms with Crippen LogP contribution in [-0.2, 0) is 9.47 Å². The van der Waals surface area contributed by atoms with Crippen LogP contribution >= 0.6 is 0 Å². The minimum absolute atomic E-state index is 0.0933. The van der Waals surface area contributed by atoms with E-state index in [-0.39, 0.29) is 12.2 Å². The lowest BCUT2D eigenvalue weighted by Gasteiger charge is -2.16. The van der Waals surface area contributed by atoms with Crippen LogP contribution in [0.5, 0.6) is 0 Å². The molecule has 0 saturated carbocycles. The molecule has 0 saturated heterocycles. The maximum Gasteiger partial charge on any atom is 0.0798 e. The highest BCUT2D eigenvalue weighted by Crippen LogP contribution is 2.02. The minimum Gasteiger partial charge on any atom is -0.391 e. The Morgan fingerprint density at radius 2 is 1.83 bits per heavy atom. The van der Waals surface area contributed by atoms with Crippen molar-refractivity contribution in [2.45, 2.75) is 45.5 Å². The largest absolute Gasteiger partial charge is 0.391 e. The lowest BCUT2D eigenvalue weighted by atomic mass is 10.2. The van der Waals surface area contributed by atoms with E-state index in [1.54, 1.807) is 7.11 Å². The van der Waals surface area contributed by atoms with Crippen LogP contribution < -0.4 is 0 Å². The zero-order valence-electron chi connectivity index (χ0n) is 8.41. The lowest BCUT2D eigenvalue weighted by molar-refractivity contribution is -0.0195. The van der Waals surface area contributed by atoms with Gasteiger partial charge in [-0.2, -0.15) is 0 Å². The molecule has 3 heteroatoms. The average molecular weight is 176 g/mol. The van der Waals surface area contributed by atoms with Gasteiger partial charge in [-0.25, -0.2) is 0 Å². The van der Waals surface area contributed by atoms with Gasteiger partial charge in [0.05, 0.1) is 24.9 Å². The Labute approximate surface area is 74.7 Å². The van der Waals surface area contributed by atoms with Gasteiger partial charge in [0.15, 0.2) is 0 Å². The van der Waals surface area contributed by atoms with Gasteiger partial charge in [-0.15, -0.1) is 0 Å². The molecule has 0 radical (unpaired) electrons. The van der Waals surface area contributed by atoms with Crippen molar-refractivity contribution in [3.63, 3.8) is 0 Å². The number of hydrogen-bond donors (Lipinski definition) is 1. The van der Waals surface area contributed by atoms with Gasteiger partial charge in [0.2, 0.25) is 0 Å². The fourth-order valence-corrected chi connectivity index (χ4v) is 0.851. The molecular weight excluding hydrogens is 156 g/mol. The Kier molecular flexibility index (Phi) is 6.34. The summed E-state index contributed by atoms with van der Waals surface area (Å²) < 4.78 is 10.3. The van der Waals surface area contributed by atoms with Crippen LogP contribution in [0.1, 0.15) is 27.2 Å². The van der Waals surface area contributed by atoms with E-state index in [1.807, 2.05) is 20.8 Å². The van der Waals surface area contributed by atoms with Crippen LogP contribution in [0.2, 0.25) is 0 Å². The molecule has 12 heavy (non-hydrogen) atoms. The molecule has 2 atom stereocenters. The fourth-order valence-electron chi connectivity index (χ4n) is 0.851. The van der Waals surface area contributed by atoms with Crippen molar-refractivity contribution < 1.29 is 14.6 Å². The second kappa shape index (κ2) is 6.40. The first-order chi connectivity index (χ1) is 5.56. The van der Waals surface area contributed by atoms with Crippen LogP contribution in [0.25, 0.3) is 0 Å². The molecule has 0 aromatic carbocycles. The number of aliphatic hydroxyl groups is 1. The molecule has 0 spiro atoms. The van der Waals surface area contributed by atoms with Crippen LogP contribution in [0.3, 0.4) is 0 Å². The van der Waals surface area contributed by atoms with Crippen molar-refractivity contribution >= 4 is 0 Å². The summed E-state index contributed by atoms with van der Waals surface area (Å²) >= 11 is 0. The van der Waals surface area contributed by atoms with E-state index < -0.39 is 6.10 Å². The Balaban J connectivity index is 3.39. The van der Waals surface area contributed by atoms with Crippen LogP contribution in [0.4, 0.5) is 0 Å². The summed E-state index contributed by atoms with van der Waals surface area (Å²) in [6.45, 7) is 6.23. The van der Waals surface area contributed by atoms with Crippen LogP contribution in [0, 0.1) is 0 Å². The number of methoxy groups -OCH3 is 1. The van der Waals surface area contributed by atoms with Gasteiger partial charge in [0.1, 0.15) is 0 Å². The zero-order chi connectivity index (χ0) is 9.56. The zero-order valence-corrected chi connectivity index (χ0v) is 8.41. The first-order valence-electron chi connectivity index (χ1n) is 4.38. The van der Waals surface area contributed by atoms with Crippen molar-refractivity contribution in [1.82, 2.24) is 0 Å². The third kappa shape index (κ3) is 6.58. The molecule has 0 aromatic rings. The Hall–Kier alpha value is -0.120. The third-order valence-corrected chi connectivity index (χ3v) is 1.63. The predicted octanol–water partition coefficient (Wildman–Crippen LogP) is 1.20. The number of ether oxygens (including phenoxy) is 2. The highest BCUT2D eigenvalue weighted by atomic mass is 16.5. The molecule has 74 valence electrons. The Bertz CT molecular complexity index is 104. The van der Waals surface area contributed by atoms with Gasteiger partial charge in [0, 0.05) is 13.5 Å². The summed E-state index contributed by atoms with van der Waals surface area (Å²) in [5.41, 5.74) is 0. The molecule has 0 aliphatic heterocycles. The van der Waals surface area contributed by atoms with Gasteiger partial charge in [-0.3, -0.25) is 0 Å². The lowest BCUT2D eigenvalue weighted by Crippen LogP contribution is -2.23. The summed E-state index contributed by atoms with van der Waals surface area (Å²) in [6.07, 6.45) is 0.485. The van der Waals surface area contributed by atoms with Crippen molar-refractivity contribution in [2.24, 2.45) is 0 Å². The second-order valence-corrected chi connectivity index (χ2v) is 3.32. The maximum atomic E-state index is 9.39. The third-order valence-electron chi connectivity index (χ3n) is 1.63. The molecule has 0 heterocycles. The van der Waals surface area contributed by atoms with Crippen molar-refractivity contribution in [1.29, 1.82) is 0 Å². The van der Waals surface area contributed by atoms with E-state index in [0.717, 1.165) is 0 Å². The molecule has 1 N–H and O–H groups in total. The number of hydrogen-bond acceptors (Lipinski definition) is 3. The van der Waals surface area contributed by atoms with Gasteiger partial charge in [-0.1, -0.05) is 0 Å². The molecule has 0 aliphatic carbocycles. The summed E-state index contributed by atoms with van der Waals surface area (Å²) in [5, 5.41) is 9.39. The Morgan fingerprint density at radius 1 is 1.25 bits per heavy atom. The topological polar surface area (TPSA) is 38.7 Å². The van der Waals surface area contributed by atoms with E-state index in [4.69, 9.17) is 9.47 Å². The van der Waals surface area contributed by atoms with Gasteiger partial charge >= 0.3 is 0 Å². The Morgan fingerprint density at radius 3 is 2.25 bits per heavy atom. The predicted molar refractivity (Wildman–Crippen MR) is 48.2 cm³/mol. The normalized spacial score (nSPS) is 16.5. The molecule has 3 nitrogen and oxygen atoms in total. The SMILES string of the molecule is COC(C)CC(O)COC(C)C. The summed E-state index contributed by atoms with van der Waals surface area (Å²) in [4.78, 5) is 0. The smallest absolute Gasteiger partial charge is 0.0798 e. The number of aliphatic hydroxyl groups excluding tert-OH is 1. The quantitative estimate of drug-likeness (QED) is 0.661. The van der Waals surface area contributed by atoms with Gasteiger partial charge in [-0.05, 0) is 20.8 Å². The highest BCUT2D eigenvalue weighted by molar-refractivity contribution is 4.59. The van der Waals surface area contributed by atoms with E-state index in [9.17, 15) is 5.11 Å². The summed E-state index contributed by atoms with van der Waals surface area (Å²) in [5.74, 6) is 0. The molecule has 0 bridgehead atoms. The average Bonchev–Trinajstić information content (AvgIpc) is 2.00. The van der Waals surface area contributed by atoms with Crippen LogP contribution in [-0.4, -0.2) is 37.1 Å². The molecule has 0 fully saturated rings. The van der Waals surface area contributed by atoms with Gasteiger partial charge < -0.3 is 14.6 Å². The first kappa shape index (κ1) is 11.9. The molecule has 0 aliphatic rings. The second-order valence-electron chi connectivity index (χ2n) is 3.32. The van der Waals surface area contributed by atoms with Crippen molar-refractivity contribution in [2.75, 3.05) is 13.7 Å². The minimum atomic E-state index is -0.414. The van der Waals surface area contributed by atoms with E-state index in [1.165, 1.54) is 0 Å². The van der Waals surface area contributed by atoms with Crippen molar-refractivity contribution in [3.8, 4) is 0 Å². The fraction of sp³-hybridized carbons (Fsp3) is 1.00. The van der Waals surface area contributed by atoms with E-state index in [0.29, 0.717) is 13.0 Å². The summed E-state index contributed by atoms with van der Waals surface area (Å²) in [7, 11) is 1.64. The molecular formula is C9H20O3. The highest BCUT2D eigenvalue weighted by Gasteiger charge is 2.09. The molecule has 0 amide bonds. The summed E-state index contributed by atoms with van der Waals surface area (Å²) in [6, 6.07) is 0. The van der Waals surface area contributed by atoms with Gasteiger partial charge in [0.25, 0.3) is 0 Å². The number of rotatable bonds is 6. The van der Waals surface area contributed by atoms with Crippen LogP contribution in [0.15, 0.2) is 0 Å². The standard InChI is InChI=1S/C9H20O3/c1-7(2)12-6-9(10)5-8(3)11-4/h7-10H,5-6H2,1-4H3. The van der Waals surface area contributed by atoms with Crippen molar-refractivity contribution in [3.05, 3.63) is 0 Å². The van der Waals surface area contributed by atoms with E-state index >= 15 is 0 Å². The molecule has 0 aromatic heterocycles. The molecule has 2 unspecified atom stereocenters. The van der Waals surface area contributed by atoms with E-state index in [2.05, 4.69) is 0 Å².